The first-order chi connectivity index (χ1) is 37.8. The van der Waals surface area contributed by atoms with E-state index in [-0.39, 0.29) is 22.5 Å². The molecule has 4 heteroatoms. The zero-order valence-electron chi connectivity index (χ0n) is 44.7. The van der Waals surface area contributed by atoms with Crippen LogP contribution < -0.4 is 9.80 Å². The molecule has 0 amide bonds. The van der Waals surface area contributed by atoms with Crippen molar-refractivity contribution in [2.45, 2.75) is 52.4 Å². The van der Waals surface area contributed by atoms with Gasteiger partial charge in [0.05, 0.1) is 0 Å². The molecule has 0 spiro atoms. The lowest BCUT2D eigenvalue weighted by Gasteiger charge is -2.26. The van der Waals surface area contributed by atoms with Crippen LogP contribution >= 0.6 is 0 Å². The molecule has 0 heterocycles. The molecule has 0 N–H and O–H groups in total. The predicted octanol–water partition coefficient (Wildman–Crippen LogP) is 20.8. The van der Waals surface area contributed by atoms with Gasteiger partial charge in [-0.2, -0.15) is 0 Å². The highest BCUT2D eigenvalue weighted by Gasteiger charge is 2.37. The fourth-order valence-electron chi connectivity index (χ4n) is 12.1. The van der Waals surface area contributed by atoms with Crippen molar-refractivity contribution in [3.05, 3.63) is 288 Å². The SMILES string of the molecule is Cc1ccc(N(c2ccc(F)cc2)c2ccc(-c3ccc4c(c3)C(C)(C)c3cc(-c5ccc(-c6ccc7c(c6)C(C)(C)c6cc(-c8ccc(N(c9ccc(C)cc9)c9ccc(F)cc9)cc8)ccc6-7)cc5)ccc3-4)cc2)cc1. The van der Waals surface area contributed by atoms with E-state index in [0.29, 0.717) is 0 Å². The zero-order valence-corrected chi connectivity index (χ0v) is 44.7. The summed E-state index contributed by atoms with van der Waals surface area (Å²) in [5.41, 5.74) is 27.8. The van der Waals surface area contributed by atoms with Gasteiger partial charge in [0, 0.05) is 45.0 Å². The molecule has 2 nitrogen and oxygen atoms in total. The highest BCUT2D eigenvalue weighted by atomic mass is 19.1. The predicted molar refractivity (Wildman–Crippen MR) is 322 cm³/mol. The molecule has 0 radical (unpaired) electrons. The van der Waals surface area contributed by atoms with Gasteiger partial charge in [0.2, 0.25) is 0 Å². The number of halogens is 2. The van der Waals surface area contributed by atoms with Crippen LogP contribution in [-0.2, 0) is 10.8 Å². The maximum atomic E-state index is 14.0. The standard InChI is InChI=1S/C74H58F2N2/c1-47-7-27-59(28-8-47)77(63-35-23-57(75)24-36-63)61-31-15-51(16-32-61)55-21-41-67-65-39-19-53(43-69(65)73(3,4)71(67)45-55)49-11-13-50(14-12-49)54-20-40-66-68-42-22-56(46-72(68)74(5,6)70(66)44-54)52-17-33-62(34-18-52)78(60-29-9-48(2)10-30-60)64-37-25-58(76)26-38-64/h7-46H,1-6H3. The molecule has 0 bridgehead atoms. The second-order valence-corrected chi connectivity index (χ2v) is 22.3. The van der Waals surface area contributed by atoms with Gasteiger partial charge in [-0.25, -0.2) is 8.78 Å². The van der Waals surface area contributed by atoms with Crippen molar-refractivity contribution < 1.29 is 8.78 Å². The molecule has 0 aliphatic heterocycles. The van der Waals surface area contributed by atoms with E-state index in [1.54, 1.807) is 0 Å². The third-order valence-electron chi connectivity index (χ3n) is 16.6. The fraction of sp³-hybridized carbons (Fsp3) is 0.108. The average Bonchev–Trinajstić information content (AvgIpc) is 3.83. The van der Waals surface area contributed by atoms with Gasteiger partial charge in [-0.05, 0) is 224 Å². The van der Waals surface area contributed by atoms with E-state index in [9.17, 15) is 8.78 Å². The molecule has 378 valence electrons. The van der Waals surface area contributed by atoms with Crippen molar-refractivity contribution in [2.24, 2.45) is 0 Å². The fourth-order valence-corrected chi connectivity index (χ4v) is 12.1. The first kappa shape index (κ1) is 48.5. The van der Waals surface area contributed by atoms with Crippen LogP contribution in [0.4, 0.5) is 42.9 Å². The van der Waals surface area contributed by atoms with Gasteiger partial charge < -0.3 is 9.80 Å². The van der Waals surface area contributed by atoms with Gasteiger partial charge in [-0.3, -0.25) is 0 Å². The van der Waals surface area contributed by atoms with E-state index in [2.05, 4.69) is 245 Å². The van der Waals surface area contributed by atoms with Crippen molar-refractivity contribution >= 4 is 34.1 Å². The largest absolute Gasteiger partial charge is 0.311 e. The lowest BCUT2D eigenvalue weighted by Crippen LogP contribution is -2.15. The first-order valence-electron chi connectivity index (χ1n) is 26.9. The number of benzene rings is 11. The minimum atomic E-state index is -0.252. The van der Waals surface area contributed by atoms with Crippen LogP contribution in [0.3, 0.4) is 0 Å². The van der Waals surface area contributed by atoms with Crippen molar-refractivity contribution in [3.8, 4) is 66.8 Å². The van der Waals surface area contributed by atoms with E-state index in [1.165, 1.54) is 113 Å². The Balaban J connectivity index is 0.727. The molecule has 11 aromatic rings. The number of rotatable bonds is 10. The van der Waals surface area contributed by atoms with Gasteiger partial charge >= 0.3 is 0 Å². The van der Waals surface area contributed by atoms with E-state index in [0.717, 1.165) is 45.3 Å². The minimum absolute atomic E-state index is 0.197. The van der Waals surface area contributed by atoms with E-state index in [4.69, 9.17) is 0 Å². The maximum absolute atomic E-state index is 14.0. The first-order valence-corrected chi connectivity index (χ1v) is 26.9. The molecule has 0 saturated carbocycles. The van der Waals surface area contributed by atoms with E-state index >= 15 is 0 Å². The quantitative estimate of drug-likeness (QED) is 0.135. The maximum Gasteiger partial charge on any atom is 0.123 e. The van der Waals surface area contributed by atoms with Gasteiger partial charge in [-0.15, -0.1) is 0 Å². The monoisotopic (exact) mass is 1010 g/mol. The molecule has 0 atom stereocenters. The highest BCUT2D eigenvalue weighted by molar-refractivity contribution is 5.89. The second kappa shape index (κ2) is 18.9. The smallest absolute Gasteiger partial charge is 0.123 e. The Morgan fingerprint density at radius 2 is 0.436 bits per heavy atom. The van der Waals surface area contributed by atoms with Crippen molar-refractivity contribution in [1.82, 2.24) is 0 Å². The van der Waals surface area contributed by atoms with Crippen LogP contribution in [0, 0.1) is 25.5 Å². The summed E-state index contributed by atoms with van der Waals surface area (Å²) in [5.74, 6) is -0.504. The molecular formula is C74H58F2N2. The zero-order chi connectivity index (χ0) is 53.5. The normalized spacial score (nSPS) is 13.3. The summed E-state index contributed by atoms with van der Waals surface area (Å²) in [7, 11) is 0. The van der Waals surface area contributed by atoms with E-state index < -0.39 is 0 Å². The summed E-state index contributed by atoms with van der Waals surface area (Å²) in [4.78, 5) is 4.33. The summed E-state index contributed by atoms with van der Waals surface area (Å²) in [6, 6.07) is 84.6. The van der Waals surface area contributed by atoms with Crippen molar-refractivity contribution in [1.29, 1.82) is 0 Å². The van der Waals surface area contributed by atoms with Crippen molar-refractivity contribution in [2.75, 3.05) is 9.80 Å². The Morgan fingerprint density at radius 3 is 0.679 bits per heavy atom. The third-order valence-corrected chi connectivity index (χ3v) is 16.6. The van der Waals surface area contributed by atoms with Crippen LogP contribution in [0.2, 0.25) is 0 Å². The van der Waals surface area contributed by atoms with Gasteiger partial charge in [0.25, 0.3) is 0 Å². The molecule has 78 heavy (non-hydrogen) atoms. The Hall–Kier alpha value is -9.12. The lowest BCUT2D eigenvalue weighted by molar-refractivity contribution is 0.627. The molecule has 11 aromatic carbocycles. The van der Waals surface area contributed by atoms with Crippen LogP contribution in [0.15, 0.2) is 243 Å². The third kappa shape index (κ3) is 8.49. The molecule has 13 rings (SSSR count). The Kier molecular flexibility index (Phi) is 11.7. The molecular weight excluding hydrogens is 955 g/mol. The van der Waals surface area contributed by atoms with Gasteiger partial charge in [0.1, 0.15) is 11.6 Å². The van der Waals surface area contributed by atoms with Gasteiger partial charge in [0.15, 0.2) is 0 Å². The van der Waals surface area contributed by atoms with Gasteiger partial charge in [-0.1, -0.05) is 160 Å². The molecule has 2 aliphatic rings. The summed E-state index contributed by atoms with van der Waals surface area (Å²) < 4.78 is 28.0. The lowest BCUT2D eigenvalue weighted by atomic mass is 9.80. The molecule has 2 aliphatic carbocycles. The van der Waals surface area contributed by atoms with Crippen LogP contribution in [0.5, 0.6) is 0 Å². The number of fused-ring (bicyclic) bond motifs is 6. The molecule has 0 unspecified atom stereocenters. The van der Waals surface area contributed by atoms with Crippen molar-refractivity contribution in [3.63, 3.8) is 0 Å². The van der Waals surface area contributed by atoms with Crippen LogP contribution in [-0.4, -0.2) is 0 Å². The van der Waals surface area contributed by atoms with E-state index in [1.807, 2.05) is 24.3 Å². The number of anilines is 6. The second-order valence-electron chi connectivity index (χ2n) is 22.3. The molecule has 0 aromatic heterocycles. The summed E-state index contributed by atoms with van der Waals surface area (Å²) in [6.45, 7) is 13.6. The summed E-state index contributed by atoms with van der Waals surface area (Å²) in [5, 5.41) is 0. The number of hydrogen-bond donors (Lipinski definition) is 0. The highest BCUT2D eigenvalue weighted by Crippen LogP contribution is 2.53. The Morgan fingerprint density at radius 1 is 0.244 bits per heavy atom. The topological polar surface area (TPSA) is 6.48 Å². The summed E-state index contributed by atoms with van der Waals surface area (Å²) >= 11 is 0. The van der Waals surface area contributed by atoms with Crippen LogP contribution in [0.25, 0.3) is 66.8 Å². The molecule has 0 fully saturated rings. The average molecular weight is 1010 g/mol. The Labute approximate surface area is 457 Å². The number of hydrogen-bond acceptors (Lipinski definition) is 2. The van der Waals surface area contributed by atoms with Crippen LogP contribution in [0.1, 0.15) is 61.1 Å². The minimum Gasteiger partial charge on any atom is -0.311 e. The summed E-state index contributed by atoms with van der Waals surface area (Å²) in [6.07, 6.45) is 0. The number of nitrogens with zero attached hydrogens (tertiary/aromatic N) is 2. The number of aryl methyl sites for hydroxylation is 2. The Bertz CT molecular complexity index is 3700. The molecule has 0 saturated heterocycles.